The van der Waals surface area contributed by atoms with E-state index in [0.29, 0.717) is 12.1 Å². The average Bonchev–Trinajstić information content (AvgIpc) is 2.75. The van der Waals surface area contributed by atoms with Crippen molar-refractivity contribution in [3.05, 3.63) is 35.9 Å². The van der Waals surface area contributed by atoms with Crippen molar-refractivity contribution < 1.29 is 13.2 Å². The first-order valence-electron chi connectivity index (χ1n) is 6.38. The van der Waals surface area contributed by atoms with Crippen LogP contribution in [-0.2, 0) is 14.6 Å². The summed E-state index contributed by atoms with van der Waals surface area (Å²) in [6.07, 6.45) is 3.63. The lowest BCUT2D eigenvalue weighted by Crippen LogP contribution is -2.36. The van der Waals surface area contributed by atoms with Crippen LogP contribution in [0.1, 0.15) is 12.0 Å². The van der Waals surface area contributed by atoms with E-state index in [2.05, 4.69) is 0 Å². The van der Waals surface area contributed by atoms with Gasteiger partial charge in [-0.1, -0.05) is 12.1 Å². The summed E-state index contributed by atoms with van der Waals surface area (Å²) >= 11 is 0. The van der Waals surface area contributed by atoms with Crippen molar-refractivity contribution in [2.45, 2.75) is 12.5 Å². The van der Waals surface area contributed by atoms with Crippen LogP contribution in [0.4, 0.5) is 5.69 Å². The van der Waals surface area contributed by atoms with Gasteiger partial charge in [0, 0.05) is 24.9 Å². The van der Waals surface area contributed by atoms with Crippen LogP contribution in [0.15, 0.2) is 30.3 Å². The van der Waals surface area contributed by atoms with Gasteiger partial charge in [0.25, 0.3) is 0 Å². The van der Waals surface area contributed by atoms with Gasteiger partial charge >= 0.3 is 0 Å². The molecule has 1 fully saturated rings. The second kappa shape index (κ2) is 5.66. The molecule has 0 saturated carbocycles. The molecule has 1 aliphatic heterocycles. The number of rotatable bonds is 3. The molecule has 1 aromatic rings. The summed E-state index contributed by atoms with van der Waals surface area (Å²) in [5.41, 5.74) is 7.13. The van der Waals surface area contributed by atoms with Crippen LogP contribution >= 0.6 is 0 Å². The fraction of sp³-hybridized carbons (Fsp3) is 0.357. The molecule has 1 atom stereocenters. The summed E-state index contributed by atoms with van der Waals surface area (Å²) in [5, 5.41) is 0. The van der Waals surface area contributed by atoms with Crippen LogP contribution in [-0.4, -0.2) is 43.8 Å². The Balaban J connectivity index is 2.01. The molecule has 2 rings (SSSR count). The van der Waals surface area contributed by atoms with E-state index < -0.39 is 9.84 Å². The molecule has 1 aromatic carbocycles. The van der Waals surface area contributed by atoms with E-state index in [1.807, 2.05) is 12.1 Å². The molecule has 0 radical (unpaired) electrons. The van der Waals surface area contributed by atoms with E-state index in [9.17, 15) is 13.2 Å². The van der Waals surface area contributed by atoms with Crippen LogP contribution < -0.4 is 5.73 Å². The van der Waals surface area contributed by atoms with Gasteiger partial charge < -0.3 is 10.6 Å². The lowest BCUT2D eigenvalue weighted by Gasteiger charge is -2.21. The lowest BCUT2D eigenvalue weighted by atomic mass is 10.2. The van der Waals surface area contributed by atoms with Crippen LogP contribution in [0.2, 0.25) is 0 Å². The number of carbonyl (C=O) groups excluding carboxylic acids is 1. The first-order chi connectivity index (χ1) is 9.37. The van der Waals surface area contributed by atoms with Crippen LogP contribution in [0.3, 0.4) is 0 Å². The Kier molecular flexibility index (Phi) is 4.13. The van der Waals surface area contributed by atoms with Crippen molar-refractivity contribution in [1.29, 1.82) is 0 Å². The summed E-state index contributed by atoms with van der Waals surface area (Å²) < 4.78 is 22.8. The van der Waals surface area contributed by atoms with E-state index in [1.165, 1.54) is 11.0 Å². The predicted molar refractivity (Wildman–Crippen MR) is 79.7 cm³/mol. The monoisotopic (exact) mass is 294 g/mol. The van der Waals surface area contributed by atoms with Gasteiger partial charge in [0.1, 0.15) is 0 Å². The van der Waals surface area contributed by atoms with E-state index in [1.54, 1.807) is 25.3 Å². The van der Waals surface area contributed by atoms with Gasteiger partial charge in [0.05, 0.1) is 11.5 Å². The molecule has 0 bridgehead atoms. The Morgan fingerprint density at radius 3 is 2.80 bits per heavy atom. The molecule has 0 aromatic heterocycles. The zero-order valence-electron chi connectivity index (χ0n) is 11.3. The highest BCUT2D eigenvalue weighted by molar-refractivity contribution is 7.91. The van der Waals surface area contributed by atoms with E-state index >= 15 is 0 Å². The zero-order valence-corrected chi connectivity index (χ0v) is 12.1. The molecule has 1 amide bonds. The summed E-state index contributed by atoms with van der Waals surface area (Å²) in [6.45, 7) is 0. The maximum absolute atomic E-state index is 12.0. The molecule has 0 aliphatic carbocycles. The number of hydrogen-bond donors (Lipinski definition) is 1. The normalized spacial score (nSPS) is 21.1. The minimum atomic E-state index is -2.98. The third-order valence-corrected chi connectivity index (χ3v) is 5.18. The SMILES string of the molecule is CN(C(=O)/C=C/c1cccc(N)c1)C1CCS(=O)(=O)C1. The average molecular weight is 294 g/mol. The van der Waals surface area contributed by atoms with Crippen molar-refractivity contribution in [2.75, 3.05) is 24.3 Å². The number of anilines is 1. The number of nitrogens with two attached hydrogens (primary N) is 1. The summed E-state index contributed by atoms with van der Waals surface area (Å²) in [5.74, 6) is 0.0183. The quantitative estimate of drug-likeness (QED) is 0.664. The van der Waals surface area contributed by atoms with Crippen molar-refractivity contribution in [2.24, 2.45) is 0 Å². The van der Waals surface area contributed by atoms with Crippen molar-refractivity contribution >= 4 is 27.5 Å². The number of carbonyl (C=O) groups is 1. The highest BCUT2D eigenvalue weighted by Gasteiger charge is 2.31. The summed E-state index contributed by atoms with van der Waals surface area (Å²) in [7, 11) is -1.34. The highest BCUT2D eigenvalue weighted by Crippen LogP contribution is 2.17. The molecular weight excluding hydrogens is 276 g/mol. The zero-order chi connectivity index (χ0) is 14.8. The Hall–Kier alpha value is -1.82. The largest absolute Gasteiger partial charge is 0.399 e. The Bertz CT molecular complexity index is 638. The fourth-order valence-electron chi connectivity index (χ4n) is 2.21. The Labute approximate surface area is 119 Å². The summed E-state index contributed by atoms with van der Waals surface area (Å²) in [4.78, 5) is 13.5. The van der Waals surface area contributed by atoms with E-state index in [4.69, 9.17) is 5.73 Å². The fourth-order valence-corrected chi connectivity index (χ4v) is 3.98. The van der Waals surface area contributed by atoms with Gasteiger partial charge in [-0.2, -0.15) is 0 Å². The van der Waals surface area contributed by atoms with Gasteiger partial charge in [0.2, 0.25) is 5.91 Å². The van der Waals surface area contributed by atoms with Gasteiger partial charge in [-0.05, 0) is 30.2 Å². The molecule has 1 aliphatic rings. The van der Waals surface area contributed by atoms with Gasteiger partial charge in [-0.15, -0.1) is 0 Å². The predicted octanol–water partition coefficient (Wildman–Crippen LogP) is 0.927. The highest BCUT2D eigenvalue weighted by atomic mass is 32.2. The standard InChI is InChI=1S/C14H18N2O3S/c1-16(13-7-8-20(18,19)10-13)14(17)6-5-11-3-2-4-12(15)9-11/h2-6,9,13H,7-8,10,15H2,1H3/b6-5+. The maximum atomic E-state index is 12.0. The smallest absolute Gasteiger partial charge is 0.246 e. The molecular formula is C14H18N2O3S. The number of nitrogen functional groups attached to an aromatic ring is 1. The van der Waals surface area contributed by atoms with Crippen molar-refractivity contribution in [3.8, 4) is 0 Å². The van der Waals surface area contributed by atoms with Crippen LogP contribution in [0, 0.1) is 0 Å². The maximum Gasteiger partial charge on any atom is 0.246 e. The van der Waals surface area contributed by atoms with E-state index in [0.717, 1.165) is 5.56 Å². The molecule has 1 saturated heterocycles. The number of likely N-dealkylation sites (N-methyl/N-ethyl adjacent to an activating group) is 1. The molecule has 1 heterocycles. The second-order valence-electron chi connectivity index (χ2n) is 5.01. The molecule has 1 unspecified atom stereocenters. The minimum Gasteiger partial charge on any atom is -0.399 e. The van der Waals surface area contributed by atoms with Gasteiger partial charge in [-0.25, -0.2) is 8.42 Å². The number of hydrogen-bond acceptors (Lipinski definition) is 4. The Morgan fingerprint density at radius 1 is 1.45 bits per heavy atom. The number of nitrogens with zero attached hydrogens (tertiary/aromatic N) is 1. The minimum absolute atomic E-state index is 0.0569. The van der Waals surface area contributed by atoms with Gasteiger partial charge in [-0.3, -0.25) is 4.79 Å². The Morgan fingerprint density at radius 2 is 2.20 bits per heavy atom. The second-order valence-corrected chi connectivity index (χ2v) is 7.24. The lowest BCUT2D eigenvalue weighted by molar-refractivity contribution is -0.126. The topological polar surface area (TPSA) is 80.5 Å². The molecule has 108 valence electrons. The molecule has 5 nitrogen and oxygen atoms in total. The molecule has 2 N–H and O–H groups in total. The molecule has 20 heavy (non-hydrogen) atoms. The summed E-state index contributed by atoms with van der Waals surface area (Å²) in [6, 6.07) is 6.98. The molecule has 0 spiro atoms. The number of amides is 1. The first kappa shape index (κ1) is 14.6. The third kappa shape index (κ3) is 3.60. The number of benzene rings is 1. The molecule has 6 heteroatoms. The van der Waals surface area contributed by atoms with Crippen LogP contribution in [0.5, 0.6) is 0 Å². The number of sulfone groups is 1. The van der Waals surface area contributed by atoms with E-state index in [-0.39, 0.29) is 23.5 Å². The van der Waals surface area contributed by atoms with Crippen LogP contribution in [0.25, 0.3) is 6.08 Å². The van der Waals surface area contributed by atoms with Gasteiger partial charge in [0.15, 0.2) is 9.84 Å². The first-order valence-corrected chi connectivity index (χ1v) is 8.20. The van der Waals surface area contributed by atoms with Crippen molar-refractivity contribution in [1.82, 2.24) is 4.90 Å². The third-order valence-electron chi connectivity index (χ3n) is 3.43. The van der Waals surface area contributed by atoms with Crippen molar-refractivity contribution in [3.63, 3.8) is 0 Å².